The van der Waals surface area contributed by atoms with Crippen LogP contribution in [0.3, 0.4) is 0 Å². The summed E-state index contributed by atoms with van der Waals surface area (Å²) in [6.07, 6.45) is 2.28. The lowest BCUT2D eigenvalue weighted by atomic mass is 10.1. The molecular weight excluding hydrogens is 356 g/mol. The van der Waals surface area contributed by atoms with Gasteiger partial charge in [0.25, 0.3) is 0 Å². The summed E-state index contributed by atoms with van der Waals surface area (Å²) in [5.74, 6) is 2.19. The molecule has 28 heavy (non-hydrogen) atoms. The van der Waals surface area contributed by atoms with Gasteiger partial charge < -0.3 is 24.9 Å². The molecule has 0 unspecified atom stereocenters. The van der Waals surface area contributed by atoms with Crippen molar-refractivity contribution >= 4 is 11.6 Å². The molecule has 3 aromatic rings. The van der Waals surface area contributed by atoms with Gasteiger partial charge >= 0.3 is 0 Å². The molecule has 0 aliphatic carbocycles. The minimum Gasteiger partial charge on any atom is -0.493 e. The Hall–Kier alpha value is -3.48. The highest BCUT2D eigenvalue weighted by Gasteiger charge is 2.07. The number of rotatable bonds is 7. The van der Waals surface area contributed by atoms with Crippen LogP contribution in [0.15, 0.2) is 58.1 Å². The van der Waals surface area contributed by atoms with Crippen LogP contribution in [0.5, 0.6) is 11.5 Å². The van der Waals surface area contributed by atoms with Crippen molar-refractivity contribution in [2.75, 3.05) is 26.1 Å². The second-order valence-electron chi connectivity index (χ2n) is 6.22. The van der Waals surface area contributed by atoms with Crippen molar-refractivity contribution in [1.82, 2.24) is 4.98 Å². The maximum Gasteiger partial charge on any atom is 0.226 e. The molecule has 0 bridgehead atoms. The van der Waals surface area contributed by atoms with E-state index in [0.717, 1.165) is 16.9 Å². The monoisotopic (exact) mass is 380 g/mol. The van der Waals surface area contributed by atoms with Crippen molar-refractivity contribution in [1.29, 1.82) is 0 Å². The van der Waals surface area contributed by atoms with Crippen molar-refractivity contribution in [2.45, 2.75) is 13.3 Å². The number of guanidine groups is 1. The van der Waals surface area contributed by atoms with E-state index in [9.17, 15) is 0 Å². The summed E-state index contributed by atoms with van der Waals surface area (Å²) >= 11 is 0. The molecule has 0 aliphatic heterocycles. The number of aryl methyl sites for hydroxylation is 1. The molecule has 2 aromatic carbocycles. The van der Waals surface area contributed by atoms with Crippen molar-refractivity contribution in [3.63, 3.8) is 0 Å². The highest BCUT2D eigenvalue weighted by atomic mass is 16.5. The first-order chi connectivity index (χ1) is 13.6. The van der Waals surface area contributed by atoms with Crippen LogP contribution in [0.25, 0.3) is 11.5 Å². The molecule has 3 N–H and O–H groups in total. The summed E-state index contributed by atoms with van der Waals surface area (Å²) in [5.41, 5.74) is 9.71. The van der Waals surface area contributed by atoms with E-state index < -0.39 is 0 Å². The van der Waals surface area contributed by atoms with Gasteiger partial charge in [-0.25, -0.2) is 4.98 Å². The highest BCUT2D eigenvalue weighted by Crippen LogP contribution is 2.29. The molecule has 3 rings (SSSR count). The highest BCUT2D eigenvalue weighted by molar-refractivity contribution is 5.92. The molecule has 0 spiro atoms. The van der Waals surface area contributed by atoms with Crippen LogP contribution in [0.1, 0.15) is 11.3 Å². The molecule has 1 aromatic heterocycles. The Morgan fingerprint density at radius 3 is 2.57 bits per heavy atom. The lowest BCUT2D eigenvalue weighted by molar-refractivity contribution is 0.355. The average molecular weight is 380 g/mol. The Balaban J connectivity index is 1.56. The third-order valence-electron chi connectivity index (χ3n) is 4.16. The Kier molecular flexibility index (Phi) is 6.16. The van der Waals surface area contributed by atoms with Crippen molar-refractivity contribution in [2.24, 2.45) is 10.7 Å². The molecule has 7 nitrogen and oxygen atoms in total. The number of benzene rings is 2. The molecule has 0 amide bonds. The second-order valence-corrected chi connectivity index (χ2v) is 6.22. The quantitative estimate of drug-likeness (QED) is 0.480. The van der Waals surface area contributed by atoms with Gasteiger partial charge in [0.05, 0.1) is 19.9 Å². The second kappa shape index (κ2) is 8.94. The van der Waals surface area contributed by atoms with Gasteiger partial charge in [0.2, 0.25) is 5.89 Å². The first kappa shape index (κ1) is 19.3. The summed E-state index contributed by atoms with van der Waals surface area (Å²) < 4.78 is 16.1. The molecule has 1 heterocycles. The third kappa shape index (κ3) is 4.82. The topological polar surface area (TPSA) is 94.9 Å². The first-order valence-corrected chi connectivity index (χ1v) is 8.89. The zero-order valence-electron chi connectivity index (χ0n) is 16.2. The zero-order chi connectivity index (χ0) is 19.9. The summed E-state index contributed by atoms with van der Waals surface area (Å²) in [5, 5.41) is 3.04. The van der Waals surface area contributed by atoms with E-state index in [2.05, 4.69) is 15.3 Å². The van der Waals surface area contributed by atoms with Crippen LogP contribution in [0, 0.1) is 6.92 Å². The first-order valence-electron chi connectivity index (χ1n) is 8.89. The molecule has 0 aliphatic rings. The van der Waals surface area contributed by atoms with Gasteiger partial charge in [0.1, 0.15) is 6.26 Å². The Bertz CT molecular complexity index is 949. The number of hydrogen-bond acceptors (Lipinski definition) is 5. The van der Waals surface area contributed by atoms with E-state index >= 15 is 0 Å². The van der Waals surface area contributed by atoms with E-state index in [1.54, 1.807) is 32.6 Å². The van der Waals surface area contributed by atoms with Gasteiger partial charge in [0.15, 0.2) is 17.5 Å². The number of aliphatic imine (C=N–C) groups is 1. The Morgan fingerprint density at radius 2 is 1.86 bits per heavy atom. The summed E-state index contributed by atoms with van der Waals surface area (Å²) in [4.78, 5) is 8.84. The molecule has 0 atom stereocenters. The van der Waals surface area contributed by atoms with Crippen molar-refractivity contribution in [3.8, 4) is 23.0 Å². The van der Waals surface area contributed by atoms with E-state index in [1.165, 1.54) is 5.56 Å². The molecule has 0 radical (unpaired) electrons. The average Bonchev–Trinajstić information content (AvgIpc) is 3.17. The van der Waals surface area contributed by atoms with Gasteiger partial charge in [-0.05, 0) is 31.2 Å². The van der Waals surface area contributed by atoms with Crippen LogP contribution in [0.4, 0.5) is 5.69 Å². The maximum absolute atomic E-state index is 5.97. The predicted molar refractivity (Wildman–Crippen MR) is 110 cm³/mol. The van der Waals surface area contributed by atoms with Crippen LogP contribution in [0.2, 0.25) is 0 Å². The maximum atomic E-state index is 5.97. The van der Waals surface area contributed by atoms with Gasteiger partial charge in [-0.3, -0.25) is 4.99 Å². The number of methoxy groups -OCH3 is 2. The predicted octanol–water partition coefficient (Wildman–Crippen LogP) is 3.64. The van der Waals surface area contributed by atoms with Crippen molar-refractivity contribution < 1.29 is 13.9 Å². The fourth-order valence-corrected chi connectivity index (χ4v) is 2.64. The van der Waals surface area contributed by atoms with Crippen LogP contribution < -0.4 is 20.5 Å². The fraction of sp³-hybridized carbons (Fsp3) is 0.238. The molecule has 7 heteroatoms. The standard InChI is InChI=1S/C21H24N4O3/c1-14-4-6-15(7-5-14)20-24-17(13-28-20)10-11-23-21(22)25-16-8-9-18(26-2)19(12-16)27-3/h4-9,12-13H,10-11H2,1-3H3,(H3,22,23,25). The largest absolute Gasteiger partial charge is 0.493 e. The number of ether oxygens (including phenoxy) is 2. The minimum absolute atomic E-state index is 0.314. The minimum atomic E-state index is 0.314. The third-order valence-corrected chi connectivity index (χ3v) is 4.16. The number of nitrogens with one attached hydrogen (secondary N) is 1. The van der Waals surface area contributed by atoms with Gasteiger partial charge in [-0.1, -0.05) is 17.7 Å². The molecule has 0 saturated carbocycles. The van der Waals surface area contributed by atoms with Crippen LogP contribution >= 0.6 is 0 Å². The number of nitrogens with zero attached hydrogens (tertiary/aromatic N) is 2. The summed E-state index contributed by atoms with van der Waals surface area (Å²) in [6.45, 7) is 2.54. The number of hydrogen-bond donors (Lipinski definition) is 2. The van der Waals surface area contributed by atoms with Crippen LogP contribution in [-0.4, -0.2) is 31.7 Å². The number of aromatic nitrogens is 1. The van der Waals surface area contributed by atoms with E-state index in [-0.39, 0.29) is 0 Å². The van der Waals surface area contributed by atoms with Gasteiger partial charge in [-0.2, -0.15) is 0 Å². The van der Waals surface area contributed by atoms with E-state index in [0.29, 0.717) is 36.3 Å². The number of anilines is 1. The number of nitrogens with two attached hydrogens (primary N) is 1. The van der Waals surface area contributed by atoms with Crippen molar-refractivity contribution in [3.05, 3.63) is 60.0 Å². The smallest absolute Gasteiger partial charge is 0.226 e. The fourth-order valence-electron chi connectivity index (χ4n) is 2.64. The molecule has 146 valence electrons. The normalized spacial score (nSPS) is 11.3. The Labute approximate surface area is 164 Å². The van der Waals surface area contributed by atoms with Gasteiger partial charge in [-0.15, -0.1) is 0 Å². The SMILES string of the molecule is COc1ccc(NC(N)=NCCc2coc(-c3ccc(C)cc3)n2)cc1OC. The zero-order valence-corrected chi connectivity index (χ0v) is 16.2. The molecular formula is C21H24N4O3. The lowest BCUT2D eigenvalue weighted by Crippen LogP contribution is -2.23. The van der Waals surface area contributed by atoms with E-state index in [1.807, 2.05) is 37.3 Å². The Morgan fingerprint density at radius 1 is 1.11 bits per heavy atom. The van der Waals surface area contributed by atoms with Crippen LogP contribution in [-0.2, 0) is 6.42 Å². The van der Waals surface area contributed by atoms with E-state index in [4.69, 9.17) is 19.6 Å². The summed E-state index contributed by atoms with van der Waals surface area (Å²) in [7, 11) is 3.18. The number of oxazole rings is 1. The molecule has 0 saturated heterocycles. The van der Waals surface area contributed by atoms with Gasteiger partial charge in [0, 0.05) is 30.3 Å². The summed E-state index contributed by atoms with van der Waals surface area (Å²) in [6, 6.07) is 13.5. The lowest BCUT2D eigenvalue weighted by Gasteiger charge is -2.10. The molecule has 0 fully saturated rings.